The number of nitrogens with zero attached hydrogens (tertiary/aromatic N) is 1. The average molecular weight is 212 g/mol. The van der Waals surface area contributed by atoms with Gasteiger partial charge in [-0.3, -0.25) is 4.90 Å². The molecular formula is C13H28N2. The van der Waals surface area contributed by atoms with Gasteiger partial charge in [-0.2, -0.15) is 0 Å². The molecule has 2 nitrogen and oxygen atoms in total. The topological polar surface area (TPSA) is 15.3 Å². The van der Waals surface area contributed by atoms with Gasteiger partial charge in [-0.1, -0.05) is 33.6 Å². The summed E-state index contributed by atoms with van der Waals surface area (Å²) in [4.78, 5) is 2.68. The summed E-state index contributed by atoms with van der Waals surface area (Å²) in [6.07, 6.45) is 6.99. The van der Waals surface area contributed by atoms with Crippen LogP contribution < -0.4 is 5.32 Å². The standard InChI is InChI=1S/C13H28N2/c1-4-12(14-5-2)11-15(6-3)13-9-7-8-10-13/h12-14H,4-11H2,1-3H3. The van der Waals surface area contributed by atoms with Crippen LogP contribution in [-0.4, -0.2) is 36.6 Å². The van der Waals surface area contributed by atoms with Crippen LogP contribution in [0.15, 0.2) is 0 Å². The van der Waals surface area contributed by atoms with E-state index in [-0.39, 0.29) is 0 Å². The number of nitrogens with one attached hydrogen (secondary N) is 1. The van der Waals surface area contributed by atoms with Crippen LogP contribution in [0.1, 0.15) is 52.9 Å². The second kappa shape index (κ2) is 7.24. The zero-order valence-electron chi connectivity index (χ0n) is 10.8. The lowest BCUT2D eigenvalue weighted by atomic mass is 10.1. The summed E-state index contributed by atoms with van der Waals surface area (Å²) in [6.45, 7) is 10.3. The summed E-state index contributed by atoms with van der Waals surface area (Å²) in [7, 11) is 0. The fourth-order valence-corrected chi connectivity index (χ4v) is 2.72. The van der Waals surface area contributed by atoms with E-state index >= 15 is 0 Å². The van der Waals surface area contributed by atoms with Crippen molar-refractivity contribution >= 4 is 0 Å². The Labute approximate surface area is 95.4 Å². The van der Waals surface area contributed by atoms with Crippen LogP contribution in [0, 0.1) is 0 Å². The molecule has 1 N–H and O–H groups in total. The smallest absolute Gasteiger partial charge is 0.0192 e. The SMILES string of the molecule is CCNC(CC)CN(CC)C1CCCC1. The molecule has 15 heavy (non-hydrogen) atoms. The Morgan fingerprint density at radius 3 is 2.33 bits per heavy atom. The molecule has 0 radical (unpaired) electrons. The molecule has 0 heterocycles. The van der Waals surface area contributed by atoms with Gasteiger partial charge in [-0.25, -0.2) is 0 Å². The number of likely N-dealkylation sites (N-methyl/N-ethyl adjacent to an activating group) is 2. The molecule has 1 unspecified atom stereocenters. The van der Waals surface area contributed by atoms with Crippen molar-refractivity contribution in [2.45, 2.75) is 65.0 Å². The summed E-state index contributed by atoms with van der Waals surface area (Å²) >= 11 is 0. The van der Waals surface area contributed by atoms with E-state index in [0.29, 0.717) is 6.04 Å². The van der Waals surface area contributed by atoms with Gasteiger partial charge < -0.3 is 5.32 Å². The lowest BCUT2D eigenvalue weighted by molar-refractivity contribution is 0.185. The molecule has 1 atom stereocenters. The van der Waals surface area contributed by atoms with Crippen molar-refractivity contribution in [3.63, 3.8) is 0 Å². The van der Waals surface area contributed by atoms with Gasteiger partial charge >= 0.3 is 0 Å². The summed E-state index contributed by atoms with van der Waals surface area (Å²) in [5.74, 6) is 0. The largest absolute Gasteiger partial charge is 0.313 e. The maximum atomic E-state index is 3.58. The molecule has 1 rings (SSSR count). The molecule has 0 spiro atoms. The molecule has 2 heteroatoms. The number of hydrogen-bond donors (Lipinski definition) is 1. The lowest BCUT2D eigenvalue weighted by Gasteiger charge is -2.31. The minimum atomic E-state index is 0.690. The first-order chi connectivity index (χ1) is 7.31. The van der Waals surface area contributed by atoms with Crippen molar-refractivity contribution < 1.29 is 0 Å². The summed E-state index contributed by atoms with van der Waals surface area (Å²) in [5, 5.41) is 3.58. The Morgan fingerprint density at radius 2 is 1.87 bits per heavy atom. The van der Waals surface area contributed by atoms with E-state index in [9.17, 15) is 0 Å². The molecule has 0 saturated heterocycles. The molecule has 1 fully saturated rings. The van der Waals surface area contributed by atoms with Gasteiger partial charge in [-0.15, -0.1) is 0 Å². The second-order valence-electron chi connectivity index (χ2n) is 4.69. The highest BCUT2D eigenvalue weighted by molar-refractivity contribution is 4.80. The van der Waals surface area contributed by atoms with Gasteiger partial charge in [0.15, 0.2) is 0 Å². The summed E-state index contributed by atoms with van der Waals surface area (Å²) < 4.78 is 0. The third-order valence-electron chi connectivity index (χ3n) is 3.69. The van der Waals surface area contributed by atoms with Crippen LogP contribution >= 0.6 is 0 Å². The molecule has 0 bridgehead atoms. The fraction of sp³-hybridized carbons (Fsp3) is 1.00. The second-order valence-corrected chi connectivity index (χ2v) is 4.69. The van der Waals surface area contributed by atoms with Gasteiger partial charge in [-0.05, 0) is 32.4 Å². The minimum Gasteiger partial charge on any atom is -0.313 e. The van der Waals surface area contributed by atoms with Gasteiger partial charge in [0.25, 0.3) is 0 Å². The van der Waals surface area contributed by atoms with E-state index in [4.69, 9.17) is 0 Å². The van der Waals surface area contributed by atoms with Gasteiger partial charge in [0.2, 0.25) is 0 Å². The highest BCUT2D eigenvalue weighted by Crippen LogP contribution is 2.23. The van der Waals surface area contributed by atoms with E-state index in [0.717, 1.165) is 12.6 Å². The summed E-state index contributed by atoms with van der Waals surface area (Å²) in [5.41, 5.74) is 0. The maximum Gasteiger partial charge on any atom is 0.0192 e. The molecule has 0 amide bonds. The van der Waals surface area contributed by atoms with Crippen molar-refractivity contribution in [3.05, 3.63) is 0 Å². The van der Waals surface area contributed by atoms with Crippen molar-refractivity contribution in [2.75, 3.05) is 19.6 Å². The molecule has 0 aliphatic heterocycles. The highest BCUT2D eigenvalue weighted by Gasteiger charge is 2.22. The minimum absolute atomic E-state index is 0.690. The first kappa shape index (κ1) is 13.0. The predicted molar refractivity (Wildman–Crippen MR) is 67.3 cm³/mol. The average Bonchev–Trinajstić information content (AvgIpc) is 2.77. The predicted octanol–water partition coefficient (Wildman–Crippen LogP) is 2.64. The Morgan fingerprint density at radius 1 is 1.20 bits per heavy atom. The van der Waals surface area contributed by atoms with Crippen LogP contribution in [-0.2, 0) is 0 Å². The van der Waals surface area contributed by atoms with Crippen molar-refractivity contribution in [3.8, 4) is 0 Å². The van der Waals surface area contributed by atoms with Crippen LogP contribution in [0.25, 0.3) is 0 Å². The Bertz CT molecular complexity index is 153. The molecule has 0 aromatic carbocycles. The number of hydrogen-bond acceptors (Lipinski definition) is 2. The highest BCUT2D eigenvalue weighted by atomic mass is 15.2. The summed E-state index contributed by atoms with van der Waals surface area (Å²) in [6, 6.07) is 1.57. The third kappa shape index (κ3) is 4.12. The van der Waals surface area contributed by atoms with Crippen molar-refractivity contribution in [1.82, 2.24) is 10.2 Å². The Hall–Kier alpha value is -0.0800. The monoisotopic (exact) mass is 212 g/mol. The van der Waals surface area contributed by atoms with E-state index in [1.165, 1.54) is 45.2 Å². The first-order valence-electron chi connectivity index (χ1n) is 6.79. The lowest BCUT2D eigenvalue weighted by Crippen LogP contribution is -2.44. The molecule has 1 saturated carbocycles. The van der Waals surface area contributed by atoms with Gasteiger partial charge in [0, 0.05) is 18.6 Å². The number of rotatable bonds is 7. The van der Waals surface area contributed by atoms with E-state index in [1.54, 1.807) is 0 Å². The zero-order valence-corrected chi connectivity index (χ0v) is 10.8. The van der Waals surface area contributed by atoms with Crippen LogP contribution in [0.4, 0.5) is 0 Å². The van der Waals surface area contributed by atoms with E-state index < -0.39 is 0 Å². The van der Waals surface area contributed by atoms with Crippen LogP contribution in [0.5, 0.6) is 0 Å². The normalized spacial score (nSPS) is 20.0. The molecule has 90 valence electrons. The third-order valence-corrected chi connectivity index (χ3v) is 3.69. The van der Waals surface area contributed by atoms with E-state index in [2.05, 4.69) is 31.0 Å². The van der Waals surface area contributed by atoms with Gasteiger partial charge in [0.05, 0.1) is 0 Å². The fourth-order valence-electron chi connectivity index (χ4n) is 2.72. The Balaban J connectivity index is 2.36. The molecular weight excluding hydrogens is 184 g/mol. The quantitative estimate of drug-likeness (QED) is 0.698. The van der Waals surface area contributed by atoms with E-state index in [1.807, 2.05) is 0 Å². The Kier molecular flexibility index (Phi) is 6.26. The zero-order chi connectivity index (χ0) is 11.1. The molecule has 1 aliphatic carbocycles. The molecule has 0 aromatic heterocycles. The van der Waals surface area contributed by atoms with Crippen molar-refractivity contribution in [1.29, 1.82) is 0 Å². The molecule has 1 aliphatic rings. The molecule has 0 aromatic rings. The maximum absolute atomic E-state index is 3.58. The first-order valence-corrected chi connectivity index (χ1v) is 6.79. The van der Waals surface area contributed by atoms with Crippen LogP contribution in [0.2, 0.25) is 0 Å². The van der Waals surface area contributed by atoms with Crippen LogP contribution in [0.3, 0.4) is 0 Å². The van der Waals surface area contributed by atoms with Crippen molar-refractivity contribution in [2.24, 2.45) is 0 Å². The van der Waals surface area contributed by atoms with Gasteiger partial charge in [0.1, 0.15) is 0 Å².